The normalized spacial score (nSPS) is 15.5. The van der Waals surface area contributed by atoms with E-state index in [9.17, 15) is 13.6 Å². The summed E-state index contributed by atoms with van der Waals surface area (Å²) in [6, 6.07) is 7.47. The summed E-state index contributed by atoms with van der Waals surface area (Å²) in [6.07, 6.45) is 3.19. The van der Waals surface area contributed by atoms with Gasteiger partial charge in [-0.3, -0.25) is 9.89 Å². The number of halogens is 2. The number of nitrogens with zero attached hydrogens (tertiary/aromatic N) is 1. The zero-order chi connectivity index (χ0) is 19.3. The van der Waals surface area contributed by atoms with E-state index >= 15 is 0 Å². The Morgan fingerprint density at radius 3 is 2.64 bits per heavy atom. The molecular formula is C21H17F2N3O2. The molecule has 0 radical (unpaired) electrons. The second-order valence-corrected chi connectivity index (χ2v) is 7.11. The summed E-state index contributed by atoms with van der Waals surface area (Å²) >= 11 is 0. The maximum absolute atomic E-state index is 14.0. The minimum absolute atomic E-state index is 0.0778. The van der Waals surface area contributed by atoms with Crippen LogP contribution in [-0.2, 0) is 4.74 Å². The van der Waals surface area contributed by atoms with Gasteiger partial charge in [0.25, 0.3) is 5.56 Å². The number of ether oxygens (including phenoxy) is 1. The van der Waals surface area contributed by atoms with E-state index in [-0.39, 0.29) is 11.5 Å². The molecular weight excluding hydrogens is 364 g/mol. The molecule has 1 aliphatic rings. The van der Waals surface area contributed by atoms with Gasteiger partial charge in [0, 0.05) is 41.2 Å². The van der Waals surface area contributed by atoms with Gasteiger partial charge in [0.1, 0.15) is 0 Å². The number of benzene rings is 2. The lowest BCUT2D eigenvalue weighted by molar-refractivity contribution is 0.0846. The van der Waals surface area contributed by atoms with Gasteiger partial charge in [0.15, 0.2) is 11.6 Å². The van der Waals surface area contributed by atoms with E-state index < -0.39 is 11.6 Å². The van der Waals surface area contributed by atoms with Crippen molar-refractivity contribution in [2.75, 3.05) is 13.2 Å². The second kappa shape index (κ2) is 6.53. The summed E-state index contributed by atoms with van der Waals surface area (Å²) in [5, 5.41) is 8.92. The van der Waals surface area contributed by atoms with Crippen LogP contribution in [0, 0.1) is 11.6 Å². The van der Waals surface area contributed by atoms with Crippen molar-refractivity contribution in [1.82, 2.24) is 15.2 Å². The van der Waals surface area contributed by atoms with Crippen LogP contribution in [-0.4, -0.2) is 28.4 Å². The van der Waals surface area contributed by atoms with E-state index in [0.717, 1.165) is 41.1 Å². The number of pyridine rings is 1. The highest BCUT2D eigenvalue weighted by Crippen LogP contribution is 2.38. The molecule has 0 atom stereocenters. The first-order valence-corrected chi connectivity index (χ1v) is 9.18. The van der Waals surface area contributed by atoms with Crippen LogP contribution in [0.2, 0.25) is 0 Å². The summed E-state index contributed by atoms with van der Waals surface area (Å²) in [5.74, 6) is -1.74. The summed E-state index contributed by atoms with van der Waals surface area (Å²) in [4.78, 5) is 15.9. The first-order valence-electron chi connectivity index (χ1n) is 9.18. The predicted octanol–water partition coefficient (Wildman–Crippen LogP) is 4.24. The summed E-state index contributed by atoms with van der Waals surface area (Å²) in [6.45, 7) is 1.20. The molecule has 0 spiro atoms. The Labute approximate surface area is 158 Å². The Bertz CT molecular complexity index is 1260. The second-order valence-electron chi connectivity index (χ2n) is 7.11. The summed E-state index contributed by atoms with van der Waals surface area (Å²) in [7, 11) is 0. The fourth-order valence-electron chi connectivity index (χ4n) is 4.04. The molecule has 2 aromatic heterocycles. The fraction of sp³-hybridized carbons (Fsp3) is 0.238. The van der Waals surface area contributed by atoms with Crippen LogP contribution < -0.4 is 5.56 Å². The number of aromatic amines is 2. The van der Waals surface area contributed by atoms with Crippen molar-refractivity contribution in [3.8, 4) is 11.1 Å². The number of hydrogen-bond acceptors (Lipinski definition) is 3. The highest BCUT2D eigenvalue weighted by atomic mass is 19.2. The lowest BCUT2D eigenvalue weighted by Gasteiger charge is -2.25. The van der Waals surface area contributed by atoms with Gasteiger partial charge in [-0.05, 0) is 48.1 Å². The van der Waals surface area contributed by atoms with Crippen LogP contribution in [0.5, 0.6) is 0 Å². The van der Waals surface area contributed by atoms with Crippen molar-refractivity contribution in [1.29, 1.82) is 0 Å². The van der Waals surface area contributed by atoms with Crippen LogP contribution in [0.4, 0.5) is 8.78 Å². The van der Waals surface area contributed by atoms with Crippen molar-refractivity contribution in [2.24, 2.45) is 0 Å². The lowest BCUT2D eigenvalue weighted by Crippen LogP contribution is -2.20. The molecule has 5 rings (SSSR count). The van der Waals surface area contributed by atoms with Gasteiger partial charge >= 0.3 is 0 Å². The molecule has 28 heavy (non-hydrogen) atoms. The van der Waals surface area contributed by atoms with Crippen LogP contribution in [0.1, 0.15) is 24.5 Å². The van der Waals surface area contributed by atoms with E-state index in [0.29, 0.717) is 29.5 Å². The molecule has 2 aromatic carbocycles. The molecule has 1 aliphatic heterocycles. The smallest absolute Gasteiger partial charge is 0.256 e. The first kappa shape index (κ1) is 17.1. The van der Waals surface area contributed by atoms with Crippen LogP contribution in [0.25, 0.3) is 32.8 Å². The van der Waals surface area contributed by atoms with E-state index in [2.05, 4.69) is 15.2 Å². The fourth-order valence-corrected chi connectivity index (χ4v) is 4.04. The Kier molecular flexibility index (Phi) is 3.98. The van der Waals surface area contributed by atoms with E-state index in [1.807, 2.05) is 6.07 Å². The number of nitrogens with one attached hydrogen (secondary N) is 2. The monoisotopic (exact) mass is 381 g/mol. The van der Waals surface area contributed by atoms with Gasteiger partial charge in [-0.1, -0.05) is 6.07 Å². The Morgan fingerprint density at radius 1 is 1.04 bits per heavy atom. The van der Waals surface area contributed by atoms with Crippen molar-refractivity contribution >= 4 is 21.7 Å². The van der Waals surface area contributed by atoms with Crippen molar-refractivity contribution < 1.29 is 13.5 Å². The molecule has 3 heterocycles. The predicted molar refractivity (Wildman–Crippen MR) is 102 cm³/mol. The zero-order valence-electron chi connectivity index (χ0n) is 14.9. The zero-order valence-corrected chi connectivity index (χ0v) is 14.9. The first-order chi connectivity index (χ1) is 13.6. The number of aromatic nitrogens is 3. The van der Waals surface area contributed by atoms with Gasteiger partial charge in [-0.2, -0.15) is 5.10 Å². The topological polar surface area (TPSA) is 70.8 Å². The third-order valence-corrected chi connectivity index (χ3v) is 5.45. The highest BCUT2D eigenvalue weighted by Gasteiger charge is 2.24. The molecule has 1 saturated heterocycles. The third kappa shape index (κ3) is 2.70. The van der Waals surface area contributed by atoms with Crippen LogP contribution >= 0.6 is 0 Å². The molecule has 0 aliphatic carbocycles. The van der Waals surface area contributed by atoms with E-state index in [1.165, 1.54) is 6.07 Å². The minimum Gasteiger partial charge on any atom is -0.381 e. The average Bonchev–Trinajstić information content (AvgIpc) is 3.17. The number of H-pyrrole nitrogens is 2. The molecule has 0 bridgehead atoms. The van der Waals surface area contributed by atoms with E-state index in [1.54, 1.807) is 18.3 Å². The molecule has 142 valence electrons. The summed E-state index contributed by atoms with van der Waals surface area (Å²) < 4.78 is 33.0. The average molecular weight is 381 g/mol. The van der Waals surface area contributed by atoms with Crippen molar-refractivity contribution in [3.63, 3.8) is 0 Å². The molecule has 0 saturated carbocycles. The molecule has 2 N–H and O–H groups in total. The maximum Gasteiger partial charge on any atom is 0.256 e. The van der Waals surface area contributed by atoms with Crippen LogP contribution in [0.3, 0.4) is 0 Å². The quantitative estimate of drug-likeness (QED) is 0.546. The Morgan fingerprint density at radius 2 is 1.86 bits per heavy atom. The standard InChI is InChI=1S/C21H17F2N3O2/c22-16-2-1-12(8-17(16)23)19-14-7-13-10-24-26-18(13)9-15(14)21(27)25-20(19)11-3-5-28-6-4-11/h1-2,7-11H,3-6H2,(H,24,26)(H,25,27). The van der Waals surface area contributed by atoms with Gasteiger partial charge in [-0.15, -0.1) is 0 Å². The highest BCUT2D eigenvalue weighted by molar-refractivity contribution is 6.04. The molecule has 5 nitrogen and oxygen atoms in total. The van der Waals surface area contributed by atoms with Crippen molar-refractivity contribution in [3.05, 3.63) is 64.2 Å². The number of fused-ring (bicyclic) bond motifs is 2. The van der Waals surface area contributed by atoms with Gasteiger partial charge in [0.2, 0.25) is 0 Å². The molecule has 4 aromatic rings. The Hall–Kier alpha value is -3.06. The minimum atomic E-state index is -0.917. The van der Waals surface area contributed by atoms with Gasteiger partial charge in [-0.25, -0.2) is 8.78 Å². The summed E-state index contributed by atoms with van der Waals surface area (Å²) in [5.41, 5.74) is 2.54. The Balaban J connectivity index is 1.87. The lowest BCUT2D eigenvalue weighted by atomic mass is 9.87. The van der Waals surface area contributed by atoms with Crippen molar-refractivity contribution in [2.45, 2.75) is 18.8 Å². The molecule has 0 amide bonds. The molecule has 7 heteroatoms. The maximum atomic E-state index is 14.0. The number of hydrogen-bond donors (Lipinski definition) is 2. The number of rotatable bonds is 2. The van der Waals surface area contributed by atoms with Gasteiger partial charge in [0.05, 0.1) is 11.7 Å². The SMILES string of the molecule is O=c1[nH]c(C2CCOCC2)c(-c2ccc(F)c(F)c2)c2cc3cn[nH]c3cc12. The van der Waals surface area contributed by atoms with Gasteiger partial charge < -0.3 is 9.72 Å². The third-order valence-electron chi connectivity index (χ3n) is 5.45. The molecule has 1 fully saturated rings. The van der Waals surface area contributed by atoms with E-state index in [4.69, 9.17) is 4.74 Å². The molecule has 0 unspecified atom stereocenters. The van der Waals surface area contributed by atoms with Crippen LogP contribution in [0.15, 0.2) is 41.3 Å². The largest absolute Gasteiger partial charge is 0.381 e.